The van der Waals surface area contributed by atoms with E-state index in [0.717, 1.165) is 5.56 Å². The highest BCUT2D eigenvalue weighted by molar-refractivity contribution is 5.61. The summed E-state index contributed by atoms with van der Waals surface area (Å²) in [7, 11) is 1.56. The fraction of sp³-hybridized carbons (Fsp3) is 0.250. The topological polar surface area (TPSA) is 95.5 Å². The molecule has 1 unspecified atom stereocenters. The first-order valence-corrected chi connectivity index (χ1v) is 6.68. The number of methoxy groups -OCH3 is 1. The Kier molecular flexibility index (Phi) is 4.94. The highest BCUT2D eigenvalue weighted by Gasteiger charge is 2.13. The van der Waals surface area contributed by atoms with Crippen LogP contribution in [0.25, 0.3) is 11.3 Å². The first kappa shape index (κ1) is 15.8. The summed E-state index contributed by atoms with van der Waals surface area (Å²) < 4.78 is 6.39. The van der Waals surface area contributed by atoms with Crippen LogP contribution in [-0.4, -0.2) is 34.6 Å². The summed E-state index contributed by atoms with van der Waals surface area (Å²) in [6.45, 7) is -0.558. The molecule has 6 nitrogen and oxygen atoms in total. The van der Waals surface area contributed by atoms with Crippen molar-refractivity contribution >= 4 is 0 Å². The third-order valence-corrected chi connectivity index (χ3v) is 3.28. The number of hydrogen-bond acceptors (Lipinski definition) is 5. The van der Waals surface area contributed by atoms with Crippen molar-refractivity contribution in [2.45, 2.75) is 12.6 Å². The normalized spacial score (nSPS) is 11.7. The van der Waals surface area contributed by atoms with E-state index in [9.17, 15) is 9.90 Å². The van der Waals surface area contributed by atoms with E-state index in [4.69, 9.17) is 15.1 Å². The van der Waals surface area contributed by atoms with Crippen molar-refractivity contribution in [1.82, 2.24) is 4.57 Å². The van der Waals surface area contributed by atoms with Crippen molar-refractivity contribution in [3.63, 3.8) is 0 Å². The van der Waals surface area contributed by atoms with Gasteiger partial charge in [0.15, 0.2) is 0 Å². The lowest BCUT2D eigenvalue weighted by atomic mass is 10.1. The lowest BCUT2D eigenvalue weighted by molar-refractivity contribution is 0.0807. The fourth-order valence-corrected chi connectivity index (χ4v) is 2.13. The van der Waals surface area contributed by atoms with Crippen molar-refractivity contribution < 1.29 is 14.9 Å². The molecular weight excluding hydrogens is 284 g/mol. The van der Waals surface area contributed by atoms with Crippen LogP contribution < -0.4 is 10.3 Å². The number of pyridine rings is 1. The molecule has 0 fully saturated rings. The van der Waals surface area contributed by atoms with Gasteiger partial charge in [0.2, 0.25) is 0 Å². The van der Waals surface area contributed by atoms with Gasteiger partial charge in [-0.3, -0.25) is 4.79 Å². The molecule has 0 saturated heterocycles. The molecule has 0 aliphatic carbocycles. The second-order valence-electron chi connectivity index (χ2n) is 4.72. The van der Waals surface area contributed by atoms with Crippen molar-refractivity contribution in [2.75, 3.05) is 13.7 Å². The Morgan fingerprint density at radius 3 is 2.50 bits per heavy atom. The van der Waals surface area contributed by atoms with Gasteiger partial charge in [-0.15, -0.1) is 0 Å². The predicted molar refractivity (Wildman–Crippen MR) is 80.5 cm³/mol. The quantitative estimate of drug-likeness (QED) is 0.849. The first-order chi connectivity index (χ1) is 10.6. The van der Waals surface area contributed by atoms with Crippen LogP contribution in [0, 0.1) is 11.3 Å². The predicted octanol–water partition coefficient (Wildman–Crippen LogP) is 0.749. The van der Waals surface area contributed by atoms with Gasteiger partial charge in [-0.05, 0) is 42.0 Å². The molecule has 1 heterocycles. The van der Waals surface area contributed by atoms with Crippen LogP contribution in [0.2, 0.25) is 0 Å². The SMILES string of the molecule is COc1ccc(-c2ccc(C#N)c(=O)n2CC(O)CO)cc1. The Balaban J connectivity index is 2.56. The number of aliphatic hydroxyl groups excluding tert-OH is 2. The molecule has 114 valence electrons. The molecule has 0 amide bonds. The average molecular weight is 300 g/mol. The van der Waals surface area contributed by atoms with E-state index in [1.54, 1.807) is 37.4 Å². The summed E-state index contributed by atoms with van der Waals surface area (Å²) in [4.78, 5) is 12.3. The van der Waals surface area contributed by atoms with E-state index in [1.807, 2.05) is 6.07 Å². The molecule has 2 N–H and O–H groups in total. The molecule has 6 heteroatoms. The van der Waals surface area contributed by atoms with Crippen molar-refractivity contribution in [3.8, 4) is 23.1 Å². The van der Waals surface area contributed by atoms with Gasteiger partial charge >= 0.3 is 0 Å². The van der Waals surface area contributed by atoms with Crippen LogP contribution in [0.15, 0.2) is 41.2 Å². The van der Waals surface area contributed by atoms with E-state index < -0.39 is 18.3 Å². The molecule has 2 rings (SSSR count). The van der Waals surface area contributed by atoms with Gasteiger partial charge in [0.25, 0.3) is 5.56 Å². The van der Waals surface area contributed by atoms with Crippen LogP contribution in [0.4, 0.5) is 0 Å². The zero-order valence-corrected chi connectivity index (χ0v) is 12.1. The van der Waals surface area contributed by atoms with Gasteiger partial charge in [-0.1, -0.05) is 0 Å². The monoisotopic (exact) mass is 300 g/mol. The minimum absolute atomic E-state index is 0.0117. The van der Waals surface area contributed by atoms with Crippen LogP contribution >= 0.6 is 0 Å². The first-order valence-electron chi connectivity index (χ1n) is 6.68. The maximum Gasteiger partial charge on any atom is 0.269 e. The molecule has 0 radical (unpaired) electrons. The number of benzene rings is 1. The number of rotatable bonds is 5. The zero-order valence-electron chi connectivity index (χ0n) is 12.1. The van der Waals surface area contributed by atoms with Gasteiger partial charge in [-0.2, -0.15) is 5.26 Å². The molecule has 0 spiro atoms. The van der Waals surface area contributed by atoms with Crippen LogP contribution in [0.1, 0.15) is 5.56 Å². The zero-order chi connectivity index (χ0) is 16.1. The minimum atomic E-state index is -1.08. The lowest BCUT2D eigenvalue weighted by Crippen LogP contribution is -2.30. The van der Waals surface area contributed by atoms with Crippen LogP contribution in [0.5, 0.6) is 5.75 Å². The number of nitrogens with zero attached hydrogens (tertiary/aromatic N) is 2. The summed E-state index contributed by atoms with van der Waals surface area (Å²) >= 11 is 0. The number of nitriles is 1. The van der Waals surface area contributed by atoms with E-state index in [0.29, 0.717) is 11.4 Å². The van der Waals surface area contributed by atoms with Crippen molar-refractivity contribution in [3.05, 3.63) is 52.3 Å². The Morgan fingerprint density at radius 1 is 1.27 bits per heavy atom. The number of aromatic nitrogens is 1. The molecule has 2 aromatic rings. The molecule has 1 aromatic carbocycles. The van der Waals surface area contributed by atoms with Gasteiger partial charge in [-0.25, -0.2) is 0 Å². The largest absolute Gasteiger partial charge is 0.497 e. The second-order valence-corrected chi connectivity index (χ2v) is 4.72. The molecular formula is C16H16N2O4. The second kappa shape index (κ2) is 6.89. The molecule has 0 aliphatic rings. The third-order valence-electron chi connectivity index (χ3n) is 3.28. The molecule has 1 aromatic heterocycles. The summed E-state index contributed by atoms with van der Waals surface area (Å²) in [6.07, 6.45) is -1.08. The van der Waals surface area contributed by atoms with Crippen LogP contribution in [-0.2, 0) is 6.54 Å². The standard InChI is InChI=1S/C16H16N2O4/c1-22-14-5-2-11(3-6-14)15-7-4-12(8-17)16(21)18(15)9-13(20)10-19/h2-7,13,19-20H,9-10H2,1H3. The molecule has 0 saturated carbocycles. The number of hydrogen-bond donors (Lipinski definition) is 2. The van der Waals surface area contributed by atoms with E-state index in [-0.39, 0.29) is 12.1 Å². The molecule has 1 atom stereocenters. The smallest absolute Gasteiger partial charge is 0.269 e. The lowest BCUT2D eigenvalue weighted by Gasteiger charge is -2.16. The number of ether oxygens (including phenoxy) is 1. The molecule has 0 bridgehead atoms. The Bertz CT molecular complexity index is 744. The van der Waals surface area contributed by atoms with Crippen molar-refractivity contribution in [2.24, 2.45) is 0 Å². The average Bonchev–Trinajstić information content (AvgIpc) is 2.56. The summed E-state index contributed by atoms with van der Waals surface area (Å²) in [5.74, 6) is 0.682. The Hall–Kier alpha value is -2.62. The van der Waals surface area contributed by atoms with Crippen LogP contribution in [0.3, 0.4) is 0 Å². The maximum absolute atomic E-state index is 12.3. The van der Waals surface area contributed by atoms with Gasteiger partial charge < -0.3 is 19.5 Å². The van der Waals surface area contributed by atoms with E-state index >= 15 is 0 Å². The van der Waals surface area contributed by atoms with E-state index in [1.165, 1.54) is 10.6 Å². The highest BCUT2D eigenvalue weighted by Crippen LogP contribution is 2.22. The van der Waals surface area contributed by atoms with Gasteiger partial charge in [0, 0.05) is 0 Å². The number of aliphatic hydroxyl groups is 2. The summed E-state index contributed by atoms with van der Waals surface area (Å²) in [5.41, 5.74) is 0.789. The Morgan fingerprint density at radius 2 is 1.95 bits per heavy atom. The Labute approximate surface area is 127 Å². The van der Waals surface area contributed by atoms with E-state index in [2.05, 4.69) is 0 Å². The fourth-order valence-electron chi connectivity index (χ4n) is 2.13. The maximum atomic E-state index is 12.3. The highest BCUT2D eigenvalue weighted by atomic mass is 16.5. The summed E-state index contributed by atoms with van der Waals surface area (Å²) in [6, 6.07) is 12.0. The van der Waals surface area contributed by atoms with Crippen molar-refractivity contribution in [1.29, 1.82) is 5.26 Å². The summed E-state index contributed by atoms with van der Waals surface area (Å²) in [5, 5.41) is 27.6. The molecule has 0 aliphatic heterocycles. The minimum Gasteiger partial charge on any atom is -0.497 e. The third kappa shape index (κ3) is 3.17. The van der Waals surface area contributed by atoms with Gasteiger partial charge in [0.1, 0.15) is 17.4 Å². The molecule has 22 heavy (non-hydrogen) atoms. The van der Waals surface area contributed by atoms with Gasteiger partial charge in [0.05, 0.1) is 32.1 Å².